The molecule has 0 rings (SSSR count). The molecule has 0 amide bonds. The van der Waals surface area contributed by atoms with Crippen molar-refractivity contribution in [3.63, 3.8) is 0 Å². The van der Waals surface area contributed by atoms with Gasteiger partial charge in [-0.25, -0.2) is 0 Å². The molecule has 0 bridgehead atoms. The molecule has 0 heterocycles. The predicted octanol–water partition coefficient (Wildman–Crippen LogP) is 5.28. The van der Waals surface area contributed by atoms with Crippen molar-refractivity contribution in [1.82, 2.24) is 0 Å². The fourth-order valence-corrected chi connectivity index (χ4v) is 1.64. The van der Waals surface area contributed by atoms with E-state index < -0.39 is 0 Å². The average Bonchev–Trinajstić information content (AvgIpc) is 2.21. The van der Waals surface area contributed by atoms with Gasteiger partial charge in [-0.15, -0.1) is 0 Å². The van der Waals surface area contributed by atoms with Crippen LogP contribution in [0.2, 0.25) is 0 Å². The maximum atomic E-state index is 4.09. The first-order valence-electron chi connectivity index (χ1n) is 6.11. The van der Waals surface area contributed by atoms with Gasteiger partial charge in [-0.3, -0.25) is 0 Å². The van der Waals surface area contributed by atoms with Crippen LogP contribution < -0.4 is 0 Å². The van der Waals surface area contributed by atoms with Crippen molar-refractivity contribution in [2.24, 2.45) is 5.92 Å². The first-order valence-corrected chi connectivity index (χ1v) is 6.11. The molecule has 0 spiro atoms. The summed E-state index contributed by atoms with van der Waals surface area (Å²) in [6.07, 6.45) is 10.5. The lowest BCUT2D eigenvalue weighted by Crippen LogP contribution is -1.99. The molecule has 0 aromatic heterocycles. The van der Waals surface area contributed by atoms with Crippen LogP contribution >= 0.6 is 0 Å². The minimum absolute atomic E-state index is 0.812. The third kappa shape index (κ3) is 8.23. The highest BCUT2D eigenvalue weighted by Crippen LogP contribution is 2.21. The van der Waals surface area contributed by atoms with Gasteiger partial charge in [0.25, 0.3) is 0 Å². The minimum Gasteiger partial charge on any atom is -0.0961 e. The van der Waals surface area contributed by atoms with E-state index in [-0.39, 0.29) is 0 Å². The van der Waals surface area contributed by atoms with E-state index in [0.29, 0.717) is 0 Å². The average molecular weight is 206 g/mol. The molecule has 0 aromatic rings. The molecule has 0 radical (unpaired) electrons. The van der Waals surface area contributed by atoms with Gasteiger partial charge >= 0.3 is 0 Å². The Labute approximate surface area is 95.8 Å². The molecular formula is C15H26. The van der Waals surface area contributed by atoms with E-state index in [0.717, 1.165) is 17.9 Å². The summed E-state index contributed by atoms with van der Waals surface area (Å²) < 4.78 is 0. The second-order valence-corrected chi connectivity index (χ2v) is 4.46. The summed E-state index contributed by atoms with van der Waals surface area (Å²) in [5.41, 5.74) is 2.33. The van der Waals surface area contributed by atoms with Crippen LogP contribution in [0.4, 0.5) is 0 Å². The summed E-state index contributed by atoms with van der Waals surface area (Å²) in [6.45, 7) is 14.5. The Balaban J connectivity index is 3.95. The van der Waals surface area contributed by atoms with Crippen molar-refractivity contribution in [3.05, 3.63) is 36.5 Å². The largest absolute Gasteiger partial charge is 0.0961 e. The zero-order valence-corrected chi connectivity index (χ0v) is 10.7. The van der Waals surface area contributed by atoms with E-state index in [4.69, 9.17) is 0 Å². The molecule has 0 heteroatoms. The van der Waals surface area contributed by atoms with E-state index >= 15 is 0 Å². The summed E-state index contributed by atoms with van der Waals surface area (Å²) in [6, 6.07) is 0. The molecule has 0 fully saturated rings. The Kier molecular flexibility index (Phi) is 8.08. The third-order valence-electron chi connectivity index (χ3n) is 2.70. The molecule has 0 aromatic carbocycles. The van der Waals surface area contributed by atoms with Crippen LogP contribution in [0.15, 0.2) is 36.5 Å². The molecule has 0 nitrogen and oxygen atoms in total. The van der Waals surface area contributed by atoms with Crippen molar-refractivity contribution in [3.8, 4) is 0 Å². The first kappa shape index (κ1) is 14.2. The first-order chi connectivity index (χ1) is 7.10. The molecule has 0 saturated carbocycles. The number of hydrogen-bond acceptors (Lipinski definition) is 0. The molecule has 0 saturated heterocycles. The van der Waals surface area contributed by atoms with Gasteiger partial charge in [0, 0.05) is 0 Å². The van der Waals surface area contributed by atoms with Crippen LogP contribution in [-0.2, 0) is 0 Å². The number of unbranched alkanes of at least 4 members (excludes halogenated alkanes) is 1. The summed E-state index contributed by atoms with van der Waals surface area (Å²) in [4.78, 5) is 0. The van der Waals surface area contributed by atoms with E-state index in [1.54, 1.807) is 0 Å². The van der Waals surface area contributed by atoms with Gasteiger partial charge in [-0.1, -0.05) is 76.0 Å². The molecule has 0 aliphatic rings. The lowest BCUT2D eigenvalue weighted by atomic mass is 9.92. The second-order valence-electron chi connectivity index (χ2n) is 4.46. The maximum absolute atomic E-state index is 4.09. The Bertz CT molecular complexity index is 220. The normalized spacial score (nSPS) is 13.0. The van der Waals surface area contributed by atoms with E-state index in [9.17, 15) is 0 Å². The number of rotatable bonds is 8. The van der Waals surface area contributed by atoms with Gasteiger partial charge in [-0.2, -0.15) is 0 Å². The molecular weight excluding hydrogens is 180 g/mol. The highest BCUT2D eigenvalue weighted by molar-refractivity contribution is 5.23. The van der Waals surface area contributed by atoms with Crippen LogP contribution in [0.25, 0.3) is 0 Å². The summed E-state index contributed by atoms with van der Waals surface area (Å²) in [5, 5.41) is 0. The third-order valence-corrected chi connectivity index (χ3v) is 2.70. The van der Waals surface area contributed by atoms with Gasteiger partial charge in [0.15, 0.2) is 0 Å². The van der Waals surface area contributed by atoms with E-state index in [2.05, 4.69) is 39.2 Å². The van der Waals surface area contributed by atoms with Crippen molar-refractivity contribution in [2.75, 3.05) is 0 Å². The molecule has 0 N–H and O–H groups in total. The highest BCUT2D eigenvalue weighted by Gasteiger charge is 2.05. The van der Waals surface area contributed by atoms with Gasteiger partial charge in [0.1, 0.15) is 0 Å². The topological polar surface area (TPSA) is 0 Å². The molecule has 86 valence electrons. The summed E-state index contributed by atoms with van der Waals surface area (Å²) >= 11 is 0. The molecule has 0 aliphatic carbocycles. The maximum Gasteiger partial charge on any atom is -0.0256 e. The second kappa shape index (κ2) is 8.52. The highest BCUT2D eigenvalue weighted by atomic mass is 14.1. The van der Waals surface area contributed by atoms with Crippen LogP contribution in [0.5, 0.6) is 0 Å². The van der Waals surface area contributed by atoms with Gasteiger partial charge in [0.2, 0.25) is 0 Å². The summed E-state index contributed by atoms with van der Waals surface area (Å²) in [7, 11) is 0. The molecule has 1 unspecified atom stereocenters. The number of hydrogen-bond donors (Lipinski definition) is 0. The van der Waals surface area contributed by atoms with Gasteiger partial charge < -0.3 is 0 Å². The lowest BCUT2D eigenvalue weighted by molar-refractivity contribution is 0.451. The van der Waals surface area contributed by atoms with Crippen LogP contribution in [0, 0.1) is 5.92 Å². The summed E-state index contributed by atoms with van der Waals surface area (Å²) in [5.74, 6) is 0.812. The zero-order chi connectivity index (χ0) is 11.7. The van der Waals surface area contributed by atoms with Crippen molar-refractivity contribution in [2.45, 2.75) is 52.9 Å². The fraction of sp³-hybridized carbons (Fsp3) is 0.600. The van der Waals surface area contributed by atoms with Crippen molar-refractivity contribution < 1.29 is 0 Å². The standard InChI is InChI=1S/C15H26/c1-6-8-9-15(7-2)12-14(5)11-10-13(3)4/h10-11,15H,3,5-9,12H2,1-2,4H3/b11-10-. The van der Waals surface area contributed by atoms with Gasteiger partial charge in [-0.05, 0) is 19.3 Å². The van der Waals surface area contributed by atoms with E-state index in [1.807, 2.05) is 6.92 Å². The van der Waals surface area contributed by atoms with E-state index in [1.165, 1.54) is 31.3 Å². The minimum atomic E-state index is 0.812. The van der Waals surface area contributed by atoms with Crippen molar-refractivity contribution in [1.29, 1.82) is 0 Å². The van der Waals surface area contributed by atoms with Crippen LogP contribution in [-0.4, -0.2) is 0 Å². The van der Waals surface area contributed by atoms with Crippen LogP contribution in [0.3, 0.4) is 0 Å². The van der Waals surface area contributed by atoms with Crippen molar-refractivity contribution >= 4 is 0 Å². The number of allylic oxidation sites excluding steroid dienone is 4. The molecule has 1 atom stereocenters. The quantitative estimate of drug-likeness (QED) is 0.474. The molecule has 15 heavy (non-hydrogen) atoms. The Morgan fingerprint density at radius 3 is 2.33 bits per heavy atom. The Morgan fingerprint density at radius 2 is 1.87 bits per heavy atom. The smallest absolute Gasteiger partial charge is 0.0256 e. The van der Waals surface area contributed by atoms with Crippen LogP contribution in [0.1, 0.15) is 52.9 Å². The zero-order valence-electron chi connectivity index (χ0n) is 10.7. The predicted molar refractivity (Wildman–Crippen MR) is 71.0 cm³/mol. The fourth-order valence-electron chi connectivity index (χ4n) is 1.64. The van der Waals surface area contributed by atoms with Gasteiger partial charge in [0.05, 0.1) is 0 Å². The SMILES string of the molecule is C=C(C)/C=C\C(=C)CC(CC)CCCC. The monoisotopic (exact) mass is 206 g/mol. The Morgan fingerprint density at radius 1 is 1.20 bits per heavy atom. The Hall–Kier alpha value is -0.780. The lowest BCUT2D eigenvalue weighted by Gasteiger charge is -2.14. The molecule has 0 aliphatic heterocycles.